The number of hydrogen-bond acceptors (Lipinski definition) is 8. The molecule has 0 saturated carbocycles. The average Bonchev–Trinajstić information content (AvgIpc) is 3.39. The van der Waals surface area contributed by atoms with Gasteiger partial charge in [0.25, 0.3) is 0 Å². The molecule has 8 heteroatoms. The molecule has 8 nitrogen and oxygen atoms in total. The van der Waals surface area contributed by atoms with E-state index >= 15 is 0 Å². The number of ether oxygens (including phenoxy) is 4. The Morgan fingerprint density at radius 1 is 1.15 bits per heavy atom. The summed E-state index contributed by atoms with van der Waals surface area (Å²) in [5, 5.41) is 0. The van der Waals surface area contributed by atoms with Crippen molar-refractivity contribution in [3.8, 4) is 17.0 Å². The molecule has 2 aliphatic heterocycles. The van der Waals surface area contributed by atoms with Crippen LogP contribution in [-0.4, -0.2) is 60.6 Å². The van der Waals surface area contributed by atoms with E-state index in [2.05, 4.69) is 18.7 Å². The van der Waals surface area contributed by atoms with Crippen LogP contribution in [0, 0.1) is 18.3 Å². The van der Waals surface area contributed by atoms with Crippen LogP contribution in [0.5, 0.6) is 5.75 Å². The fraction of sp³-hybridized carbons (Fsp3) is 0.656. The normalized spacial score (nSPS) is 20.0. The molecule has 2 aromatic heterocycles. The first-order valence-corrected chi connectivity index (χ1v) is 14.6. The molecule has 0 aliphatic carbocycles. The predicted molar refractivity (Wildman–Crippen MR) is 157 cm³/mol. The fourth-order valence-corrected chi connectivity index (χ4v) is 5.21. The summed E-state index contributed by atoms with van der Waals surface area (Å²) in [6, 6.07) is 3.93. The molecule has 220 valence electrons. The van der Waals surface area contributed by atoms with Crippen molar-refractivity contribution in [1.29, 1.82) is 0 Å². The number of nitrogens with zero attached hydrogens (tertiary/aromatic N) is 3. The Morgan fingerprint density at radius 2 is 1.88 bits per heavy atom. The van der Waals surface area contributed by atoms with Gasteiger partial charge >= 0.3 is 5.97 Å². The summed E-state index contributed by atoms with van der Waals surface area (Å²) in [6.07, 6.45) is 5.56. The summed E-state index contributed by atoms with van der Waals surface area (Å²) in [5.41, 5.74) is 3.78. The van der Waals surface area contributed by atoms with Crippen molar-refractivity contribution in [1.82, 2.24) is 9.97 Å². The Hall–Kier alpha value is -2.71. The minimum Gasteiger partial charge on any atom is -0.492 e. The molecule has 0 radical (unpaired) electrons. The van der Waals surface area contributed by atoms with Crippen LogP contribution in [0.3, 0.4) is 0 Å². The third kappa shape index (κ3) is 7.72. The van der Waals surface area contributed by atoms with E-state index in [9.17, 15) is 4.79 Å². The molecule has 0 bridgehead atoms. The Balaban J connectivity index is 1.76. The predicted octanol–water partition coefficient (Wildman–Crippen LogP) is 6.30. The molecule has 2 fully saturated rings. The second kappa shape index (κ2) is 12.4. The van der Waals surface area contributed by atoms with Crippen molar-refractivity contribution in [2.75, 3.05) is 37.8 Å². The van der Waals surface area contributed by atoms with Crippen LogP contribution in [0.25, 0.3) is 11.3 Å². The molecule has 0 unspecified atom stereocenters. The molecule has 0 aromatic carbocycles. The Morgan fingerprint density at radius 3 is 2.45 bits per heavy atom. The number of carbonyl (C=O) groups is 1. The Kier molecular flexibility index (Phi) is 9.40. The molecule has 0 N–H and O–H groups in total. The standard InChI is InChI=1S/C32H47N3O5/c1-21(2)39-30(36)29(40-31(4,5)6)27-22(3)33-18-25(28(27)35-14-12-32(7,8)13-15-35)26-10-9-24(17-34-26)38-20-23-11-16-37-19-23/h9-10,17-18,21,23,29H,11-16,19-20H2,1-8H3/t23-,29+/m1/s1. The number of hydrogen-bond donors (Lipinski definition) is 0. The van der Waals surface area contributed by atoms with Gasteiger partial charge in [0, 0.05) is 48.6 Å². The maximum absolute atomic E-state index is 13.6. The number of piperidine rings is 1. The zero-order valence-corrected chi connectivity index (χ0v) is 25.6. The SMILES string of the molecule is Cc1ncc(-c2ccc(OC[C@@H]3CCOC3)cn2)c(N2CCC(C)(C)CC2)c1[C@H](OC(C)(C)C)C(=O)OC(C)C. The van der Waals surface area contributed by atoms with Crippen molar-refractivity contribution in [3.63, 3.8) is 0 Å². The minimum absolute atomic E-state index is 0.262. The number of esters is 1. The van der Waals surface area contributed by atoms with Gasteiger partial charge in [0.2, 0.25) is 0 Å². The number of aromatic nitrogens is 2. The zero-order chi connectivity index (χ0) is 29.1. The number of anilines is 1. The molecule has 4 rings (SSSR count). The molecule has 0 amide bonds. The van der Waals surface area contributed by atoms with Crippen molar-refractivity contribution in [2.24, 2.45) is 11.3 Å². The van der Waals surface area contributed by atoms with Gasteiger partial charge in [-0.25, -0.2) is 4.79 Å². The van der Waals surface area contributed by atoms with Crippen molar-refractivity contribution in [3.05, 3.63) is 35.8 Å². The first-order valence-electron chi connectivity index (χ1n) is 14.6. The van der Waals surface area contributed by atoms with E-state index in [1.165, 1.54) is 0 Å². The maximum atomic E-state index is 13.6. The molecule has 40 heavy (non-hydrogen) atoms. The van der Waals surface area contributed by atoms with Gasteiger partial charge in [-0.1, -0.05) is 13.8 Å². The molecule has 0 spiro atoms. The van der Waals surface area contributed by atoms with Crippen LogP contribution >= 0.6 is 0 Å². The summed E-state index contributed by atoms with van der Waals surface area (Å²) >= 11 is 0. The van der Waals surface area contributed by atoms with E-state index in [0.29, 0.717) is 12.5 Å². The quantitative estimate of drug-likeness (QED) is 0.335. The van der Waals surface area contributed by atoms with Gasteiger partial charge in [0.1, 0.15) is 5.75 Å². The van der Waals surface area contributed by atoms with Gasteiger partial charge in [0.05, 0.1) is 42.5 Å². The monoisotopic (exact) mass is 553 g/mol. The van der Waals surface area contributed by atoms with E-state index in [1.54, 1.807) is 6.20 Å². The maximum Gasteiger partial charge on any atom is 0.340 e. The number of pyridine rings is 2. The highest BCUT2D eigenvalue weighted by Gasteiger charge is 2.37. The van der Waals surface area contributed by atoms with Gasteiger partial charge < -0.3 is 23.8 Å². The number of rotatable bonds is 9. The van der Waals surface area contributed by atoms with Crippen molar-refractivity contribution >= 4 is 11.7 Å². The van der Waals surface area contributed by atoms with E-state index in [4.69, 9.17) is 28.9 Å². The molecular weight excluding hydrogens is 506 g/mol. The molecule has 4 heterocycles. The third-order valence-corrected chi connectivity index (χ3v) is 7.54. The average molecular weight is 554 g/mol. The van der Waals surface area contributed by atoms with Crippen LogP contribution in [0.4, 0.5) is 5.69 Å². The van der Waals surface area contributed by atoms with Gasteiger partial charge in [-0.3, -0.25) is 9.97 Å². The van der Waals surface area contributed by atoms with Crippen LogP contribution in [0.2, 0.25) is 0 Å². The van der Waals surface area contributed by atoms with Crippen molar-refractivity contribution < 1.29 is 23.7 Å². The summed E-state index contributed by atoms with van der Waals surface area (Å²) in [5.74, 6) is 0.744. The first kappa shape index (κ1) is 30.3. The lowest BCUT2D eigenvalue weighted by Gasteiger charge is -2.41. The largest absolute Gasteiger partial charge is 0.492 e. The van der Waals surface area contributed by atoms with Crippen LogP contribution in [0.15, 0.2) is 24.5 Å². The molecule has 2 atom stereocenters. The first-order chi connectivity index (χ1) is 18.8. The summed E-state index contributed by atoms with van der Waals surface area (Å²) in [6.45, 7) is 20.0. The summed E-state index contributed by atoms with van der Waals surface area (Å²) in [4.78, 5) is 25.5. The summed E-state index contributed by atoms with van der Waals surface area (Å²) < 4.78 is 23.6. The minimum atomic E-state index is -0.920. The second-order valence-electron chi connectivity index (χ2n) is 13.2. The topological polar surface area (TPSA) is 83.0 Å². The highest BCUT2D eigenvalue weighted by Crippen LogP contribution is 2.43. The molecular formula is C32H47N3O5. The van der Waals surface area contributed by atoms with Gasteiger partial charge in [0.15, 0.2) is 6.10 Å². The van der Waals surface area contributed by atoms with Gasteiger partial charge in [-0.15, -0.1) is 0 Å². The Bertz CT molecular complexity index is 1140. The van der Waals surface area contributed by atoms with Crippen LogP contribution in [0.1, 0.15) is 85.1 Å². The van der Waals surface area contributed by atoms with Crippen molar-refractivity contribution in [2.45, 2.75) is 92.5 Å². The lowest BCUT2D eigenvalue weighted by Crippen LogP contribution is -2.39. The summed E-state index contributed by atoms with van der Waals surface area (Å²) in [7, 11) is 0. The third-order valence-electron chi connectivity index (χ3n) is 7.54. The lowest BCUT2D eigenvalue weighted by atomic mass is 9.82. The number of carbonyl (C=O) groups excluding carboxylic acids is 1. The zero-order valence-electron chi connectivity index (χ0n) is 25.6. The van der Waals surface area contributed by atoms with Gasteiger partial charge in [-0.2, -0.15) is 0 Å². The highest BCUT2D eigenvalue weighted by molar-refractivity contribution is 5.86. The van der Waals surface area contributed by atoms with E-state index in [1.807, 2.05) is 59.9 Å². The number of aryl methyl sites for hydroxylation is 1. The van der Waals surface area contributed by atoms with Crippen LogP contribution in [-0.2, 0) is 19.0 Å². The molecule has 2 aromatic rings. The second-order valence-corrected chi connectivity index (χ2v) is 13.2. The Labute approximate surface area is 239 Å². The van der Waals surface area contributed by atoms with Gasteiger partial charge in [-0.05, 0) is 78.4 Å². The highest BCUT2D eigenvalue weighted by atomic mass is 16.6. The lowest BCUT2D eigenvalue weighted by molar-refractivity contribution is -0.171. The molecule has 2 aliphatic rings. The van der Waals surface area contributed by atoms with E-state index in [-0.39, 0.29) is 11.5 Å². The van der Waals surface area contributed by atoms with E-state index < -0.39 is 17.7 Å². The molecule has 2 saturated heterocycles. The van der Waals surface area contributed by atoms with E-state index in [0.717, 1.165) is 79.5 Å². The van der Waals surface area contributed by atoms with Crippen LogP contribution < -0.4 is 9.64 Å². The smallest absolute Gasteiger partial charge is 0.340 e. The fourth-order valence-electron chi connectivity index (χ4n) is 5.21.